The van der Waals surface area contributed by atoms with E-state index in [1.807, 2.05) is 59.3 Å². The number of hydrogen-bond acceptors (Lipinski definition) is 5. The van der Waals surface area contributed by atoms with Crippen LogP contribution in [0.25, 0.3) is 0 Å². The fourth-order valence-electron chi connectivity index (χ4n) is 4.82. The van der Waals surface area contributed by atoms with Gasteiger partial charge in [0.05, 0.1) is 25.0 Å². The molecule has 0 spiro atoms. The predicted octanol–water partition coefficient (Wildman–Crippen LogP) is 5.88. The summed E-state index contributed by atoms with van der Waals surface area (Å²) in [4.78, 5) is 30.6. The molecule has 1 aliphatic rings. The number of rotatable bonds is 10. The maximum Gasteiger partial charge on any atom is 0.253 e. The Balaban J connectivity index is 1.49. The second-order valence-corrected chi connectivity index (χ2v) is 10.3. The molecule has 6 nitrogen and oxygen atoms in total. The Hall–Kier alpha value is -4.28. The Morgan fingerprint density at radius 2 is 1.92 bits per heavy atom. The lowest BCUT2D eigenvalue weighted by Gasteiger charge is -2.26. The molecule has 0 fully saturated rings. The van der Waals surface area contributed by atoms with E-state index in [1.165, 1.54) is 0 Å². The summed E-state index contributed by atoms with van der Waals surface area (Å²) < 4.78 is 8.75. The molecule has 4 aromatic rings. The van der Waals surface area contributed by atoms with Gasteiger partial charge in [0, 0.05) is 40.6 Å². The molecule has 196 valence electrons. The number of Topliss-reactive ketones (excluding diaryl/α,β-unsaturated/α-hetero) is 1. The minimum absolute atomic E-state index is 0.168. The van der Waals surface area contributed by atoms with Crippen LogP contribution in [0, 0.1) is 12.3 Å². The molecule has 0 saturated carbocycles. The number of imidazole rings is 1. The van der Waals surface area contributed by atoms with Crippen LogP contribution < -0.4 is 10.1 Å². The second-order valence-electron chi connectivity index (χ2n) is 9.29. The Morgan fingerprint density at radius 1 is 1.10 bits per heavy atom. The van der Waals surface area contributed by atoms with E-state index < -0.39 is 0 Å². The van der Waals surface area contributed by atoms with Gasteiger partial charge in [-0.1, -0.05) is 48.4 Å². The van der Waals surface area contributed by atoms with Gasteiger partial charge in [-0.25, -0.2) is 4.98 Å². The summed E-state index contributed by atoms with van der Waals surface area (Å²) in [6.45, 7) is 0.757. The zero-order chi connectivity index (χ0) is 27.0. The summed E-state index contributed by atoms with van der Waals surface area (Å²) >= 11 is 1.56. The van der Waals surface area contributed by atoms with Crippen molar-refractivity contribution in [1.82, 2.24) is 14.9 Å². The first-order valence-electron chi connectivity index (χ1n) is 12.9. The average molecular weight is 536 g/mol. The molecule has 7 heteroatoms. The van der Waals surface area contributed by atoms with Crippen LogP contribution in [-0.2, 0) is 18.7 Å². The molecule has 0 aliphatic heterocycles. The first-order valence-corrected chi connectivity index (χ1v) is 13.9. The molecular weight excluding hydrogens is 506 g/mol. The van der Waals surface area contributed by atoms with E-state index in [0.717, 1.165) is 45.7 Å². The summed E-state index contributed by atoms with van der Waals surface area (Å²) in [6, 6.07) is 21.4. The zero-order valence-electron chi connectivity index (χ0n) is 21.5. The molecule has 5 rings (SSSR count). The monoisotopic (exact) mass is 535 g/mol. The molecule has 0 bridgehead atoms. The molecule has 1 N–H and O–H groups in total. The van der Waals surface area contributed by atoms with E-state index in [0.29, 0.717) is 24.3 Å². The average Bonchev–Trinajstić information content (AvgIpc) is 3.49. The molecule has 0 saturated heterocycles. The van der Waals surface area contributed by atoms with Crippen LogP contribution >= 0.6 is 11.8 Å². The van der Waals surface area contributed by atoms with E-state index in [9.17, 15) is 9.59 Å². The van der Waals surface area contributed by atoms with Gasteiger partial charge in [-0.3, -0.25) is 9.59 Å². The van der Waals surface area contributed by atoms with Gasteiger partial charge >= 0.3 is 0 Å². The smallest absolute Gasteiger partial charge is 0.253 e. The molecular formula is C32H29N3O3S. The number of hydrogen-bond donors (Lipinski definition) is 1. The van der Waals surface area contributed by atoms with E-state index in [2.05, 4.69) is 28.4 Å². The van der Waals surface area contributed by atoms with Crippen LogP contribution in [0.1, 0.15) is 56.4 Å². The van der Waals surface area contributed by atoms with E-state index >= 15 is 0 Å². The Labute approximate surface area is 232 Å². The number of amides is 1. The number of nitrogens with one attached hydrogen (secondary N) is 1. The molecule has 1 heterocycles. The Bertz CT molecular complexity index is 1490. The van der Waals surface area contributed by atoms with Crippen molar-refractivity contribution in [2.45, 2.75) is 42.6 Å². The number of benzene rings is 3. The van der Waals surface area contributed by atoms with Gasteiger partial charge in [0.25, 0.3) is 5.91 Å². The zero-order valence-corrected chi connectivity index (χ0v) is 22.3. The predicted molar refractivity (Wildman–Crippen MR) is 153 cm³/mol. The first-order chi connectivity index (χ1) is 19.1. The van der Waals surface area contributed by atoms with Gasteiger partial charge in [0.2, 0.25) is 0 Å². The van der Waals surface area contributed by atoms with Crippen molar-refractivity contribution in [2.75, 3.05) is 6.54 Å². The number of nitrogens with zero attached hydrogens (tertiary/aromatic N) is 2. The van der Waals surface area contributed by atoms with Gasteiger partial charge in [0.15, 0.2) is 5.78 Å². The highest BCUT2D eigenvalue weighted by atomic mass is 32.2. The summed E-state index contributed by atoms with van der Waals surface area (Å²) in [6.07, 6.45) is 12.7. The molecule has 3 aromatic carbocycles. The molecule has 1 unspecified atom stereocenters. The van der Waals surface area contributed by atoms with Crippen molar-refractivity contribution in [3.8, 4) is 18.1 Å². The molecule has 1 aliphatic carbocycles. The topological polar surface area (TPSA) is 73.2 Å². The lowest BCUT2D eigenvalue weighted by Crippen LogP contribution is -2.24. The summed E-state index contributed by atoms with van der Waals surface area (Å²) in [5, 5.41) is 2.75. The summed E-state index contributed by atoms with van der Waals surface area (Å²) in [5.74, 6) is 3.71. The largest absolute Gasteiger partial charge is 0.484 e. The minimum atomic E-state index is -0.261. The second kappa shape index (κ2) is 12.5. The van der Waals surface area contributed by atoms with Crippen LogP contribution in [-0.4, -0.2) is 27.8 Å². The molecule has 1 aromatic heterocycles. The number of terminal acetylenes is 1. The molecule has 1 amide bonds. The van der Waals surface area contributed by atoms with Crippen molar-refractivity contribution in [3.63, 3.8) is 0 Å². The first kappa shape index (κ1) is 26.3. The third kappa shape index (κ3) is 6.24. The molecule has 39 heavy (non-hydrogen) atoms. The van der Waals surface area contributed by atoms with E-state index in [-0.39, 0.29) is 24.3 Å². The normalized spacial score (nSPS) is 13.3. The number of thioether (sulfide) groups is 1. The van der Waals surface area contributed by atoms with Gasteiger partial charge in [0.1, 0.15) is 11.9 Å². The fourth-order valence-corrected chi connectivity index (χ4v) is 5.93. The summed E-state index contributed by atoms with van der Waals surface area (Å²) in [5.41, 5.74) is 4.43. The number of fused-ring (bicyclic) bond motifs is 1. The Kier molecular flexibility index (Phi) is 8.45. The van der Waals surface area contributed by atoms with Crippen LogP contribution in [0.3, 0.4) is 0 Å². The van der Waals surface area contributed by atoms with Gasteiger partial charge in [-0.15, -0.1) is 18.2 Å². The van der Waals surface area contributed by atoms with E-state index in [1.54, 1.807) is 30.4 Å². The summed E-state index contributed by atoms with van der Waals surface area (Å²) in [7, 11) is 0. The number of aromatic nitrogens is 2. The standard InChI is InChI=1S/C32H29N3O3S/c1-2-17-34-32(37)26-11-6-7-14-31(26)39-21-27-24-12-8-13-28(36)25(24)15-16-29(27)38-30(20-35-19-18-33-22-35)23-9-4-3-5-10-23/h1,3-7,9-11,14-16,18-19,22,30H,8,12-13,17,20-21H2,(H,34,37). The van der Waals surface area contributed by atoms with Crippen molar-refractivity contribution < 1.29 is 14.3 Å². The lowest BCUT2D eigenvalue weighted by molar-refractivity contribution is 0.0952. The van der Waals surface area contributed by atoms with Crippen LogP contribution in [0.2, 0.25) is 0 Å². The van der Waals surface area contributed by atoms with Crippen LogP contribution in [0.15, 0.2) is 90.3 Å². The van der Waals surface area contributed by atoms with Crippen molar-refractivity contribution in [2.24, 2.45) is 0 Å². The maximum atomic E-state index is 12.8. The number of carbonyl (C=O) groups excluding carboxylic acids is 2. The Morgan fingerprint density at radius 3 is 2.72 bits per heavy atom. The highest BCUT2D eigenvalue weighted by Crippen LogP contribution is 2.38. The van der Waals surface area contributed by atoms with Crippen LogP contribution in [0.5, 0.6) is 5.75 Å². The lowest BCUT2D eigenvalue weighted by atomic mass is 9.87. The van der Waals surface area contributed by atoms with Gasteiger partial charge in [-0.05, 0) is 48.2 Å². The fraction of sp³-hybridized carbons (Fsp3) is 0.219. The van der Waals surface area contributed by atoms with Crippen molar-refractivity contribution in [1.29, 1.82) is 0 Å². The third-order valence-electron chi connectivity index (χ3n) is 6.75. The van der Waals surface area contributed by atoms with E-state index in [4.69, 9.17) is 11.2 Å². The van der Waals surface area contributed by atoms with Crippen molar-refractivity contribution in [3.05, 3.63) is 113 Å². The molecule has 0 radical (unpaired) electrons. The maximum absolute atomic E-state index is 12.8. The number of carbonyl (C=O) groups is 2. The minimum Gasteiger partial charge on any atom is -0.484 e. The number of ketones is 1. The highest BCUT2D eigenvalue weighted by Gasteiger charge is 2.25. The third-order valence-corrected chi connectivity index (χ3v) is 7.85. The number of ether oxygens (including phenoxy) is 1. The quantitative estimate of drug-likeness (QED) is 0.203. The van der Waals surface area contributed by atoms with Crippen molar-refractivity contribution >= 4 is 23.5 Å². The van der Waals surface area contributed by atoms with Gasteiger partial charge < -0.3 is 14.6 Å². The van der Waals surface area contributed by atoms with Crippen LogP contribution in [0.4, 0.5) is 0 Å². The SMILES string of the molecule is C#CCNC(=O)c1ccccc1SCc1c(OC(Cn2ccnc2)c2ccccc2)ccc2c1CCCC2=O. The molecule has 1 atom stereocenters. The highest BCUT2D eigenvalue weighted by molar-refractivity contribution is 7.98. The van der Waals surface area contributed by atoms with Gasteiger partial charge in [-0.2, -0.15) is 0 Å².